The van der Waals surface area contributed by atoms with Gasteiger partial charge < -0.3 is 4.74 Å². The molecule has 1 heterocycles. The zero-order chi connectivity index (χ0) is 20.1. The van der Waals surface area contributed by atoms with Crippen LogP contribution in [0.4, 0.5) is 13.2 Å². The average Bonchev–Trinajstić information content (AvgIpc) is 2.88. The summed E-state index contributed by atoms with van der Waals surface area (Å²) in [5.41, 5.74) is -0.877. The van der Waals surface area contributed by atoms with Gasteiger partial charge in [0, 0.05) is 11.4 Å². The van der Waals surface area contributed by atoms with E-state index in [1.54, 1.807) is 6.92 Å². The van der Waals surface area contributed by atoms with Gasteiger partial charge in [-0.2, -0.15) is 13.5 Å². The topological polar surface area (TPSA) is 66.1 Å². The maximum Gasteiger partial charge on any atom is 0.355 e. The van der Waals surface area contributed by atoms with Crippen molar-refractivity contribution in [3.05, 3.63) is 44.8 Å². The molecule has 0 spiro atoms. The van der Waals surface area contributed by atoms with E-state index in [1.165, 1.54) is 13.0 Å². The Morgan fingerprint density at radius 3 is 2.63 bits per heavy atom. The fourth-order valence-corrected chi connectivity index (χ4v) is 2.86. The summed E-state index contributed by atoms with van der Waals surface area (Å²) in [7, 11) is 0. The number of unbranched alkanes of at least 4 members (excludes halogenated alkanes) is 1. The summed E-state index contributed by atoms with van der Waals surface area (Å²) in [5.74, 6) is -1.39. The first kappa shape index (κ1) is 21.0. The Balaban J connectivity index is 2.23. The number of halogens is 4. The average molecular weight is 406 g/mol. The van der Waals surface area contributed by atoms with Crippen LogP contribution in [-0.4, -0.2) is 26.9 Å². The number of aromatic nitrogens is 3. The van der Waals surface area contributed by atoms with Crippen LogP contribution in [0.15, 0.2) is 16.9 Å². The summed E-state index contributed by atoms with van der Waals surface area (Å²) in [4.78, 5) is 23.4. The minimum absolute atomic E-state index is 0.144. The SMILES string of the molecule is CCOC(=O)CCCCc1cc(-n2nc(C)n(C(F)F)c2=O)c(F)cc1Cl. The zero-order valence-electron chi connectivity index (χ0n) is 14.8. The van der Waals surface area contributed by atoms with Gasteiger partial charge in [0.05, 0.1) is 6.61 Å². The van der Waals surface area contributed by atoms with E-state index in [0.717, 1.165) is 6.07 Å². The van der Waals surface area contributed by atoms with E-state index in [9.17, 15) is 22.8 Å². The molecule has 2 rings (SSSR count). The smallest absolute Gasteiger partial charge is 0.355 e. The Morgan fingerprint density at radius 2 is 2.04 bits per heavy atom. The predicted octanol–water partition coefficient (Wildman–Crippen LogP) is 3.81. The summed E-state index contributed by atoms with van der Waals surface area (Å²) < 4.78 is 45.8. The number of aryl methyl sites for hydroxylation is 2. The lowest BCUT2D eigenvalue weighted by Crippen LogP contribution is -2.25. The molecule has 0 saturated carbocycles. The van der Waals surface area contributed by atoms with E-state index in [0.29, 0.717) is 36.1 Å². The highest BCUT2D eigenvalue weighted by atomic mass is 35.5. The van der Waals surface area contributed by atoms with E-state index < -0.39 is 18.1 Å². The summed E-state index contributed by atoms with van der Waals surface area (Å²) in [6.45, 7) is 0.181. The fraction of sp³-hybridized carbons (Fsp3) is 0.471. The van der Waals surface area contributed by atoms with Crippen LogP contribution < -0.4 is 5.69 Å². The van der Waals surface area contributed by atoms with Crippen LogP contribution in [0, 0.1) is 12.7 Å². The van der Waals surface area contributed by atoms with Gasteiger partial charge in [-0.05, 0) is 50.8 Å². The monoisotopic (exact) mass is 405 g/mol. The Kier molecular flexibility index (Phi) is 7.06. The number of rotatable bonds is 8. The molecular formula is C17H19ClF3N3O3. The van der Waals surface area contributed by atoms with Gasteiger partial charge in [-0.25, -0.2) is 13.8 Å². The number of benzene rings is 1. The number of carbonyl (C=O) groups excluding carboxylic acids is 1. The highest BCUT2D eigenvalue weighted by Crippen LogP contribution is 2.25. The van der Waals surface area contributed by atoms with Gasteiger partial charge in [-0.15, -0.1) is 5.10 Å². The van der Waals surface area contributed by atoms with Gasteiger partial charge in [0.25, 0.3) is 0 Å². The molecule has 10 heteroatoms. The van der Waals surface area contributed by atoms with Gasteiger partial charge in [0.1, 0.15) is 11.5 Å². The summed E-state index contributed by atoms with van der Waals surface area (Å²) in [6, 6.07) is 2.33. The van der Waals surface area contributed by atoms with Crippen LogP contribution in [-0.2, 0) is 16.0 Å². The summed E-state index contributed by atoms with van der Waals surface area (Å²) in [6.07, 6.45) is 1.77. The molecule has 1 aromatic carbocycles. The normalized spacial score (nSPS) is 11.2. The molecule has 0 aliphatic carbocycles. The van der Waals surface area contributed by atoms with Crippen molar-refractivity contribution in [1.82, 2.24) is 14.3 Å². The van der Waals surface area contributed by atoms with Crippen molar-refractivity contribution in [2.45, 2.75) is 46.1 Å². The highest BCUT2D eigenvalue weighted by molar-refractivity contribution is 6.31. The second-order valence-corrected chi connectivity index (χ2v) is 6.20. The summed E-state index contributed by atoms with van der Waals surface area (Å²) >= 11 is 6.04. The third-order valence-electron chi connectivity index (χ3n) is 3.90. The van der Waals surface area contributed by atoms with Gasteiger partial charge in [0.2, 0.25) is 0 Å². The number of hydrogen-bond donors (Lipinski definition) is 0. The quantitative estimate of drug-likeness (QED) is 0.495. The molecule has 1 aromatic heterocycles. The standard InChI is InChI=1S/C17H19ClF3N3O3/c1-3-27-15(25)7-5-4-6-11-8-14(13(19)9-12(11)18)24-17(26)23(16(20)21)10(2)22-24/h8-9,16H,3-7H2,1-2H3. The molecule has 0 aliphatic rings. The lowest BCUT2D eigenvalue weighted by molar-refractivity contribution is -0.143. The predicted molar refractivity (Wildman–Crippen MR) is 93.0 cm³/mol. The Hall–Kier alpha value is -2.29. The van der Waals surface area contributed by atoms with Crippen molar-refractivity contribution in [2.75, 3.05) is 6.61 Å². The van der Waals surface area contributed by atoms with E-state index in [-0.39, 0.29) is 33.5 Å². The first-order valence-corrected chi connectivity index (χ1v) is 8.74. The molecule has 0 N–H and O–H groups in total. The fourth-order valence-electron chi connectivity index (χ4n) is 2.61. The number of hydrogen-bond acceptors (Lipinski definition) is 4. The van der Waals surface area contributed by atoms with Crippen LogP contribution in [0.25, 0.3) is 5.69 Å². The first-order valence-electron chi connectivity index (χ1n) is 8.36. The van der Waals surface area contributed by atoms with Crippen LogP contribution in [0.5, 0.6) is 0 Å². The van der Waals surface area contributed by atoms with Crippen LogP contribution in [0.1, 0.15) is 44.1 Å². The maximum absolute atomic E-state index is 14.3. The largest absolute Gasteiger partial charge is 0.466 e. The Morgan fingerprint density at radius 1 is 1.33 bits per heavy atom. The third-order valence-corrected chi connectivity index (χ3v) is 4.25. The minimum Gasteiger partial charge on any atom is -0.466 e. The maximum atomic E-state index is 14.3. The van der Waals surface area contributed by atoms with Gasteiger partial charge in [0.15, 0.2) is 5.82 Å². The number of alkyl halides is 2. The molecule has 0 aliphatic heterocycles. The molecular weight excluding hydrogens is 387 g/mol. The lowest BCUT2D eigenvalue weighted by atomic mass is 10.1. The Labute approximate surface area is 158 Å². The molecule has 0 fully saturated rings. The molecule has 2 aromatic rings. The van der Waals surface area contributed by atoms with E-state index in [2.05, 4.69) is 5.10 Å². The molecule has 6 nitrogen and oxygen atoms in total. The van der Waals surface area contributed by atoms with Crippen molar-refractivity contribution in [3.8, 4) is 5.69 Å². The number of carbonyl (C=O) groups is 1. The van der Waals surface area contributed by atoms with E-state index >= 15 is 0 Å². The first-order chi connectivity index (χ1) is 12.8. The molecule has 0 saturated heterocycles. The van der Waals surface area contributed by atoms with E-state index in [4.69, 9.17) is 16.3 Å². The number of esters is 1. The summed E-state index contributed by atoms with van der Waals surface area (Å²) in [5, 5.41) is 3.86. The molecule has 0 amide bonds. The van der Waals surface area contributed by atoms with E-state index in [1.807, 2.05) is 0 Å². The van der Waals surface area contributed by atoms with Crippen molar-refractivity contribution < 1.29 is 22.7 Å². The van der Waals surface area contributed by atoms with Gasteiger partial charge in [-0.3, -0.25) is 4.79 Å². The van der Waals surface area contributed by atoms with Crippen LogP contribution >= 0.6 is 11.6 Å². The van der Waals surface area contributed by atoms with Crippen molar-refractivity contribution in [3.63, 3.8) is 0 Å². The highest BCUT2D eigenvalue weighted by Gasteiger charge is 2.21. The molecule has 27 heavy (non-hydrogen) atoms. The molecule has 0 atom stereocenters. The Bertz CT molecular complexity index is 880. The zero-order valence-corrected chi connectivity index (χ0v) is 15.6. The molecule has 0 unspecified atom stereocenters. The van der Waals surface area contributed by atoms with Crippen molar-refractivity contribution in [2.24, 2.45) is 0 Å². The van der Waals surface area contributed by atoms with Crippen LogP contribution in [0.3, 0.4) is 0 Å². The number of nitrogens with zero attached hydrogens (tertiary/aromatic N) is 3. The van der Waals surface area contributed by atoms with Crippen molar-refractivity contribution in [1.29, 1.82) is 0 Å². The second-order valence-electron chi connectivity index (χ2n) is 5.80. The van der Waals surface area contributed by atoms with Gasteiger partial charge in [-0.1, -0.05) is 11.6 Å². The van der Waals surface area contributed by atoms with Gasteiger partial charge >= 0.3 is 18.2 Å². The number of ether oxygens (including phenoxy) is 1. The van der Waals surface area contributed by atoms with Crippen molar-refractivity contribution >= 4 is 17.6 Å². The lowest BCUT2D eigenvalue weighted by Gasteiger charge is -2.09. The molecule has 148 valence electrons. The third kappa shape index (κ3) is 4.91. The minimum atomic E-state index is -3.08. The van der Waals surface area contributed by atoms with Crippen LogP contribution in [0.2, 0.25) is 5.02 Å². The molecule has 0 radical (unpaired) electrons. The molecule has 0 bridgehead atoms. The second kappa shape index (κ2) is 9.07.